The molecule has 0 fully saturated rings. The van der Waals surface area contributed by atoms with Crippen LogP contribution >= 0.6 is 0 Å². The van der Waals surface area contributed by atoms with E-state index in [9.17, 15) is 4.79 Å². The van der Waals surface area contributed by atoms with Gasteiger partial charge < -0.3 is 20.4 Å². The molecule has 0 aromatic rings. The Morgan fingerprint density at radius 3 is 2.40 bits per heavy atom. The number of urea groups is 1. The van der Waals surface area contributed by atoms with Crippen LogP contribution in [0.4, 0.5) is 4.79 Å². The Morgan fingerprint density at radius 2 is 2.10 bits per heavy atom. The average Bonchev–Trinajstić information content (AvgIpc) is 1.82. The Hall–Kier alpha value is -0.810. The van der Waals surface area contributed by atoms with Crippen molar-refractivity contribution < 1.29 is 15.0 Å². The first-order valence-corrected chi connectivity index (χ1v) is 2.85. The molecule has 0 aliphatic carbocycles. The lowest BCUT2D eigenvalue weighted by Gasteiger charge is -2.11. The number of amides is 2. The molecule has 0 bridgehead atoms. The average molecular weight is 148 g/mol. The molecule has 0 atom stereocenters. The number of rotatable bonds is 2. The number of hydrogen-bond donors (Lipinski definition) is 3. The van der Waals surface area contributed by atoms with Gasteiger partial charge in [-0.3, -0.25) is 0 Å². The highest BCUT2D eigenvalue weighted by Crippen LogP contribution is 1.77. The molecule has 3 N–H and O–H groups in total. The third kappa shape index (κ3) is 4.11. The topological polar surface area (TPSA) is 72.8 Å². The predicted molar refractivity (Wildman–Crippen MR) is 35.3 cm³/mol. The second-order valence-corrected chi connectivity index (χ2v) is 2.06. The minimum absolute atomic E-state index is 0.142. The molecular weight excluding hydrogens is 136 g/mol. The van der Waals surface area contributed by atoms with Crippen molar-refractivity contribution in [3.05, 3.63) is 0 Å². The lowest BCUT2D eigenvalue weighted by Crippen LogP contribution is -2.38. The summed E-state index contributed by atoms with van der Waals surface area (Å²) >= 11 is 0. The summed E-state index contributed by atoms with van der Waals surface area (Å²) in [6.45, 7) is -0.142. The number of hydrogen-bond acceptors (Lipinski definition) is 3. The van der Waals surface area contributed by atoms with Gasteiger partial charge >= 0.3 is 6.03 Å². The van der Waals surface area contributed by atoms with E-state index in [-0.39, 0.29) is 12.6 Å². The van der Waals surface area contributed by atoms with E-state index >= 15 is 0 Å². The van der Waals surface area contributed by atoms with E-state index in [4.69, 9.17) is 10.2 Å². The molecule has 2 amide bonds. The van der Waals surface area contributed by atoms with Gasteiger partial charge in [-0.1, -0.05) is 0 Å². The summed E-state index contributed by atoms with van der Waals surface area (Å²) in [6.07, 6.45) is -1.48. The first-order chi connectivity index (χ1) is 4.54. The fraction of sp³-hybridized carbons (Fsp3) is 0.800. The zero-order valence-corrected chi connectivity index (χ0v) is 6.03. The van der Waals surface area contributed by atoms with Crippen LogP contribution in [0.5, 0.6) is 0 Å². The molecule has 0 saturated heterocycles. The molecule has 0 spiro atoms. The molecule has 60 valence electrons. The van der Waals surface area contributed by atoms with E-state index in [0.29, 0.717) is 0 Å². The fourth-order valence-corrected chi connectivity index (χ4v) is 0.337. The first kappa shape index (κ1) is 9.19. The van der Waals surface area contributed by atoms with Gasteiger partial charge in [0.05, 0.1) is 6.54 Å². The summed E-state index contributed by atoms with van der Waals surface area (Å²) in [5.74, 6) is 0. The molecule has 0 heterocycles. The van der Waals surface area contributed by atoms with Crippen molar-refractivity contribution in [1.82, 2.24) is 10.2 Å². The smallest absolute Gasteiger partial charge is 0.317 e. The van der Waals surface area contributed by atoms with Crippen LogP contribution < -0.4 is 5.32 Å². The molecule has 0 aromatic carbocycles. The Kier molecular flexibility index (Phi) is 3.75. The van der Waals surface area contributed by atoms with E-state index in [0.717, 1.165) is 0 Å². The van der Waals surface area contributed by atoms with Crippen LogP contribution in [0.1, 0.15) is 0 Å². The lowest BCUT2D eigenvalue weighted by molar-refractivity contribution is -0.0356. The van der Waals surface area contributed by atoms with Gasteiger partial charge in [-0.25, -0.2) is 4.79 Å². The zero-order valence-electron chi connectivity index (χ0n) is 6.03. The van der Waals surface area contributed by atoms with Gasteiger partial charge in [0.15, 0.2) is 6.29 Å². The van der Waals surface area contributed by atoms with Crippen LogP contribution in [0.3, 0.4) is 0 Å². The third-order valence-corrected chi connectivity index (χ3v) is 0.842. The monoisotopic (exact) mass is 148 g/mol. The second kappa shape index (κ2) is 4.08. The zero-order chi connectivity index (χ0) is 8.15. The largest absolute Gasteiger partial charge is 0.367 e. The summed E-state index contributed by atoms with van der Waals surface area (Å²) in [7, 11) is 3.14. The third-order valence-electron chi connectivity index (χ3n) is 0.842. The number of carbonyl (C=O) groups excluding carboxylic acids is 1. The molecule has 0 aliphatic rings. The van der Waals surface area contributed by atoms with Crippen LogP contribution in [0.25, 0.3) is 0 Å². The maximum Gasteiger partial charge on any atom is 0.317 e. The van der Waals surface area contributed by atoms with Crippen molar-refractivity contribution in [3.8, 4) is 0 Å². The Bertz CT molecular complexity index is 113. The van der Waals surface area contributed by atoms with Gasteiger partial charge in [-0.15, -0.1) is 0 Å². The van der Waals surface area contributed by atoms with Crippen molar-refractivity contribution >= 4 is 6.03 Å². The molecule has 5 nitrogen and oxygen atoms in total. The highest BCUT2D eigenvalue weighted by Gasteiger charge is 2.03. The predicted octanol–water partition coefficient (Wildman–Crippen LogP) is -1.43. The van der Waals surface area contributed by atoms with Crippen LogP contribution in [0, 0.1) is 0 Å². The van der Waals surface area contributed by atoms with Crippen molar-refractivity contribution in [2.24, 2.45) is 0 Å². The Balaban J connectivity index is 3.40. The number of aliphatic hydroxyl groups is 2. The standard InChI is InChI=1S/C5H12N2O3/c1-7(2)5(10)6-3-4(8)9/h4,8-9H,3H2,1-2H3,(H,6,10). The number of aliphatic hydroxyl groups excluding tert-OH is 1. The minimum Gasteiger partial charge on any atom is -0.367 e. The Morgan fingerprint density at radius 1 is 1.60 bits per heavy atom. The van der Waals surface area contributed by atoms with Gasteiger partial charge in [-0.2, -0.15) is 0 Å². The highest BCUT2D eigenvalue weighted by atomic mass is 16.5. The van der Waals surface area contributed by atoms with Crippen LogP contribution in [-0.2, 0) is 0 Å². The fourth-order valence-electron chi connectivity index (χ4n) is 0.337. The number of carbonyl (C=O) groups is 1. The molecule has 0 aromatic heterocycles. The van der Waals surface area contributed by atoms with Gasteiger partial charge in [0.2, 0.25) is 0 Å². The maximum absolute atomic E-state index is 10.6. The van der Waals surface area contributed by atoms with E-state index < -0.39 is 6.29 Å². The van der Waals surface area contributed by atoms with E-state index in [2.05, 4.69) is 5.32 Å². The van der Waals surface area contributed by atoms with Crippen molar-refractivity contribution in [2.45, 2.75) is 6.29 Å². The quantitative estimate of drug-likeness (QED) is 0.420. The Labute approximate surface area is 59.3 Å². The molecular formula is C5H12N2O3. The molecule has 10 heavy (non-hydrogen) atoms. The first-order valence-electron chi connectivity index (χ1n) is 2.85. The van der Waals surface area contributed by atoms with Crippen molar-refractivity contribution in [1.29, 1.82) is 0 Å². The lowest BCUT2D eigenvalue weighted by atomic mass is 10.6. The number of nitrogens with zero attached hydrogens (tertiary/aromatic N) is 1. The summed E-state index contributed by atoms with van der Waals surface area (Å²) in [4.78, 5) is 11.9. The normalized spacial score (nSPS) is 9.70. The number of nitrogens with one attached hydrogen (secondary N) is 1. The summed E-state index contributed by atoms with van der Waals surface area (Å²) in [5, 5.41) is 18.9. The SMILES string of the molecule is CN(C)C(=O)NCC(O)O. The summed E-state index contributed by atoms with van der Waals surface area (Å²) < 4.78 is 0. The van der Waals surface area contributed by atoms with Crippen LogP contribution in [0.15, 0.2) is 0 Å². The summed E-state index contributed by atoms with van der Waals surface area (Å²) in [5.41, 5.74) is 0. The van der Waals surface area contributed by atoms with Gasteiger partial charge in [0.25, 0.3) is 0 Å². The van der Waals surface area contributed by atoms with Gasteiger partial charge in [0, 0.05) is 14.1 Å². The minimum atomic E-state index is -1.48. The van der Waals surface area contributed by atoms with Crippen molar-refractivity contribution in [3.63, 3.8) is 0 Å². The van der Waals surface area contributed by atoms with E-state index in [1.54, 1.807) is 14.1 Å². The van der Waals surface area contributed by atoms with E-state index in [1.165, 1.54) is 4.90 Å². The summed E-state index contributed by atoms with van der Waals surface area (Å²) in [6, 6.07) is -0.340. The van der Waals surface area contributed by atoms with E-state index in [1.807, 2.05) is 0 Å². The van der Waals surface area contributed by atoms with Crippen LogP contribution in [-0.4, -0.2) is 48.1 Å². The molecule has 0 radical (unpaired) electrons. The molecule has 5 heteroatoms. The van der Waals surface area contributed by atoms with Gasteiger partial charge in [0.1, 0.15) is 0 Å². The second-order valence-electron chi connectivity index (χ2n) is 2.06. The maximum atomic E-state index is 10.6. The molecule has 0 rings (SSSR count). The highest BCUT2D eigenvalue weighted by molar-refractivity contribution is 5.73. The van der Waals surface area contributed by atoms with Gasteiger partial charge in [-0.05, 0) is 0 Å². The molecule has 0 aliphatic heterocycles. The molecule has 0 unspecified atom stereocenters. The van der Waals surface area contributed by atoms with Crippen molar-refractivity contribution in [2.75, 3.05) is 20.6 Å². The van der Waals surface area contributed by atoms with Crippen LogP contribution in [0.2, 0.25) is 0 Å². The molecule has 0 saturated carbocycles.